The molecule has 1 saturated heterocycles. The maximum atomic E-state index is 10.8. The molecule has 0 saturated carbocycles. The van der Waals surface area contributed by atoms with E-state index in [9.17, 15) is 15.0 Å². The molecule has 1 aliphatic heterocycles. The first kappa shape index (κ1) is 24.6. The Morgan fingerprint density at radius 3 is 2.73 bits per heavy atom. The monoisotopic (exact) mass is 461 g/mol. The average molecular weight is 462 g/mol. The number of nitrogens with two attached hydrogens (primary N) is 1. The van der Waals surface area contributed by atoms with Crippen LogP contribution in [-0.4, -0.2) is 90.9 Å². The fourth-order valence-electron chi connectivity index (χ4n) is 2.84. The van der Waals surface area contributed by atoms with Crippen LogP contribution in [0, 0.1) is 0 Å². The summed E-state index contributed by atoms with van der Waals surface area (Å²) >= 11 is 7.38. The van der Waals surface area contributed by atoms with E-state index in [-0.39, 0.29) is 5.17 Å². The number of ether oxygens (including phenoxy) is 1. The van der Waals surface area contributed by atoms with Crippen molar-refractivity contribution in [2.45, 2.75) is 43.9 Å². The molecule has 1 aliphatic rings. The summed E-state index contributed by atoms with van der Waals surface area (Å²) in [6.07, 6.45) is -2.17. The standard InChI is InChI=1S/C18H28ClN5O5S/c1-9(23(3)4)13-16(22-10(2)19)24(8-21-13)17-15(26)14(25)12(29-17)7-30-6-5-11(20)18(27)28/h8,11-12,14-15,17,25-26H,1,5-7,20H2,2-4H3,(H,27,28)/b22-10+/t11?,12?,14-,15?,17?/m1/s1. The smallest absolute Gasteiger partial charge is 0.320 e. The quantitative estimate of drug-likeness (QED) is 0.294. The van der Waals surface area contributed by atoms with Gasteiger partial charge in [0.05, 0.1) is 18.1 Å². The van der Waals surface area contributed by atoms with Crippen molar-refractivity contribution in [3.05, 3.63) is 18.6 Å². The lowest BCUT2D eigenvalue weighted by atomic mass is 10.1. The number of aliphatic imine (C=N–C) groups is 1. The van der Waals surface area contributed by atoms with E-state index in [2.05, 4.69) is 16.6 Å². The molecule has 1 aromatic rings. The maximum Gasteiger partial charge on any atom is 0.320 e. The van der Waals surface area contributed by atoms with Gasteiger partial charge in [-0.1, -0.05) is 18.2 Å². The highest BCUT2D eigenvalue weighted by atomic mass is 35.5. The lowest BCUT2D eigenvalue weighted by molar-refractivity contribution is -0.138. The number of halogens is 1. The summed E-state index contributed by atoms with van der Waals surface area (Å²) in [7, 11) is 3.63. The van der Waals surface area contributed by atoms with Crippen LogP contribution in [0.4, 0.5) is 5.82 Å². The number of aliphatic hydroxyl groups is 2. The summed E-state index contributed by atoms with van der Waals surface area (Å²) in [4.78, 5) is 21.2. The molecule has 0 amide bonds. The number of aromatic nitrogens is 2. The van der Waals surface area contributed by atoms with Gasteiger partial charge >= 0.3 is 5.97 Å². The average Bonchev–Trinajstić information content (AvgIpc) is 3.19. The van der Waals surface area contributed by atoms with E-state index in [0.717, 1.165) is 0 Å². The zero-order valence-corrected chi connectivity index (χ0v) is 18.7. The van der Waals surface area contributed by atoms with Gasteiger partial charge in [0.2, 0.25) is 0 Å². The summed E-state index contributed by atoms with van der Waals surface area (Å²) in [6, 6.07) is -0.932. The highest BCUT2D eigenvalue weighted by Gasteiger charge is 2.44. The Bertz CT molecular complexity index is 798. The van der Waals surface area contributed by atoms with Crippen molar-refractivity contribution < 1.29 is 24.9 Å². The third-order valence-electron chi connectivity index (χ3n) is 4.62. The molecule has 10 nitrogen and oxygen atoms in total. The zero-order chi connectivity index (χ0) is 22.6. The highest BCUT2D eigenvalue weighted by molar-refractivity contribution is 7.99. The van der Waals surface area contributed by atoms with Gasteiger partial charge in [0.15, 0.2) is 12.0 Å². The number of hydrogen-bond donors (Lipinski definition) is 4. The van der Waals surface area contributed by atoms with Gasteiger partial charge in [-0.25, -0.2) is 9.98 Å². The molecule has 5 atom stereocenters. The Morgan fingerprint density at radius 1 is 1.50 bits per heavy atom. The van der Waals surface area contributed by atoms with Crippen molar-refractivity contribution in [3.63, 3.8) is 0 Å². The van der Waals surface area contributed by atoms with E-state index in [1.807, 2.05) is 14.1 Å². The van der Waals surface area contributed by atoms with Crippen molar-refractivity contribution in [2.24, 2.45) is 10.7 Å². The number of carboxylic acid groups (broad SMARTS) is 1. The summed E-state index contributed by atoms with van der Waals surface area (Å²) < 4.78 is 7.42. The predicted molar refractivity (Wildman–Crippen MR) is 117 cm³/mol. The molecule has 0 spiro atoms. The molecule has 30 heavy (non-hydrogen) atoms. The summed E-state index contributed by atoms with van der Waals surface area (Å²) in [5.74, 6) is 0.152. The van der Waals surface area contributed by atoms with E-state index in [4.69, 9.17) is 27.2 Å². The number of hydrogen-bond acceptors (Lipinski definition) is 9. The normalized spacial score (nSPS) is 25.4. The van der Waals surface area contributed by atoms with Crippen LogP contribution in [0.2, 0.25) is 0 Å². The van der Waals surface area contributed by atoms with Gasteiger partial charge in [0.25, 0.3) is 0 Å². The van der Waals surface area contributed by atoms with Crippen LogP contribution in [0.5, 0.6) is 0 Å². The number of carbonyl (C=O) groups is 1. The van der Waals surface area contributed by atoms with Crippen LogP contribution < -0.4 is 5.73 Å². The zero-order valence-electron chi connectivity index (χ0n) is 17.1. The van der Waals surface area contributed by atoms with Crippen LogP contribution in [0.3, 0.4) is 0 Å². The van der Waals surface area contributed by atoms with Gasteiger partial charge in [0.1, 0.15) is 29.1 Å². The van der Waals surface area contributed by atoms with Crippen molar-refractivity contribution in [1.82, 2.24) is 14.5 Å². The minimum Gasteiger partial charge on any atom is -0.480 e. The number of carboxylic acids is 1. The Morgan fingerprint density at radius 2 is 2.17 bits per heavy atom. The maximum absolute atomic E-state index is 10.8. The Kier molecular flexibility index (Phi) is 8.71. The molecule has 0 bridgehead atoms. The Labute approximate surface area is 184 Å². The van der Waals surface area contributed by atoms with Crippen LogP contribution >= 0.6 is 23.4 Å². The Balaban J connectivity index is 2.15. The third-order valence-corrected chi connectivity index (χ3v) is 5.80. The van der Waals surface area contributed by atoms with Gasteiger partial charge in [-0.05, 0) is 19.1 Å². The first-order valence-corrected chi connectivity index (χ1v) is 10.8. The molecule has 0 aliphatic carbocycles. The number of imidazole rings is 1. The van der Waals surface area contributed by atoms with Gasteiger partial charge in [-0.2, -0.15) is 11.8 Å². The molecular formula is C18H28ClN5O5S. The molecule has 4 unspecified atom stereocenters. The number of aliphatic carboxylic acids is 1. The Hall–Kier alpha value is -1.63. The predicted octanol–water partition coefficient (Wildman–Crippen LogP) is 0.859. The summed E-state index contributed by atoms with van der Waals surface area (Å²) in [6.45, 7) is 5.60. The first-order valence-electron chi connectivity index (χ1n) is 9.26. The molecule has 2 heterocycles. The lowest BCUT2D eigenvalue weighted by Crippen LogP contribution is -2.33. The molecule has 168 valence electrons. The van der Waals surface area contributed by atoms with Crippen LogP contribution in [0.25, 0.3) is 5.70 Å². The van der Waals surface area contributed by atoms with Gasteiger partial charge in [0, 0.05) is 19.8 Å². The number of thioether (sulfide) groups is 1. The van der Waals surface area contributed by atoms with Crippen molar-refractivity contribution in [2.75, 3.05) is 25.6 Å². The van der Waals surface area contributed by atoms with Crippen molar-refractivity contribution in [3.8, 4) is 0 Å². The summed E-state index contributed by atoms with van der Waals surface area (Å²) in [5, 5.41) is 30.1. The van der Waals surface area contributed by atoms with E-state index < -0.39 is 36.6 Å². The van der Waals surface area contributed by atoms with Crippen LogP contribution in [0.15, 0.2) is 17.9 Å². The van der Waals surface area contributed by atoms with Crippen LogP contribution in [-0.2, 0) is 9.53 Å². The minimum absolute atomic E-state index is 0.263. The van der Waals surface area contributed by atoms with E-state index in [0.29, 0.717) is 35.1 Å². The molecular weight excluding hydrogens is 434 g/mol. The molecule has 5 N–H and O–H groups in total. The van der Waals surface area contributed by atoms with Crippen molar-refractivity contribution >= 4 is 46.0 Å². The lowest BCUT2D eigenvalue weighted by Gasteiger charge is -2.19. The van der Waals surface area contributed by atoms with Gasteiger partial charge in [-0.3, -0.25) is 9.36 Å². The van der Waals surface area contributed by atoms with E-state index in [1.165, 1.54) is 22.7 Å². The fraction of sp³-hybridized carbons (Fsp3) is 0.611. The second-order valence-corrected chi connectivity index (χ2v) is 8.83. The second-order valence-electron chi connectivity index (χ2n) is 7.13. The molecule has 1 aromatic heterocycles. The molecule has 1 fully saturated rings. The minimum atomic E-state index is -1.21. The molecule has 2 rings (SSSR count). The second kappa shape index (κ2) is 10.6. The SMILES string of the molecule is C=C(c1ncn(C2OC(CSCCC(N)C(=O)O)[C@@H](O)C2O)c1/N=C(\C)Cl)N(C)C. The van der Waals surface area contributed by atoms with E-state index in [1.54, 1.807) is 11.8 Å². The van der Waals surface area contributed by atoms with Gasteiger partial charge in [-0.15, -0.1) is 0 Å². The topological polar surface area (TPSA) is 146 Å². The first-order chi connectivity index (χ1) is 14.0. The highest BCUT2D eigenvalue weighted by Crippen LogP contribution is 2.37. The fourth-order valence-corrected chi connectivity index (χ4v) is 4.02. The molecule has 12 heteroatoms. The third kappa shape index (κ3) is 5.74. The molecule has 0 aromatic carbocycles. The van der Waals surface area contributed by atoms with Crippen LogP contribution in [0.1, 0.15) is 25.3 Å². The number of nitrogens with zero attached hydrogens (tertiary/aromatic N) is 4. The number of aliphatic hydroxyl groups excluding tert-OH is 2. The van der Waals surface area contributed by atoms with Gasteiger partial charge < -0.3 is 30.7 Å². The number of rotatable bonds is 10. The largest absolute Gasteiger partial charge is 0.480 e. The van der Waals surface area contributed by atoms with Crippen molar-refractivity contribution in [1.29, 1.82) is 0 Å². The molecule has 0 radical (unpaired) electrons. The summed E-state index contributed by atoms with van der Waals surface area (Å²) in [5.41, 5.74) is 6.56. The van der Waals surface area contributed by atoms with E-state index >= 15 is 0 Å².